The van der Waals surface area contributed by atoms with Crippen molar-refractivity contribution in [3.05, 3.63) is 48.0 Å². The maximum atomic E-state index is 5.77. The normalized spacial score (nSPS) is 10.9. The van der Waals surface area contributed by atoms with Gasteiger partial charge in [0.2, 0.25) is 5.89 Å². The molecule has 2 N–H and O–H groups in total. The van der Waals surface area contributed by atoms with Crippen LogP contribution in [-0.4, -0.2) is 4.98 Å². The van der Waals surface area contributed by atoms with Crippen molar-refractivity contribution in [2.45, 2.75) is 6.92 Å². The largest absolute Gasteiger partial charge is 0.436 e. The van der Waals surface area contributed by atoms with Crippen molar-refractivity contribution in [2.75, 3.05) is 5.73 Å². The summed E-state index contributed by atoms with van der Waals surface area (Å²) >= 11 is 0. The zero-order chi connectivity index (χ0) is 11.8. The van der Waals surface area contributed by atoms with Crippen molar-refractivity contribution in [2.24, 2.45) is 0 Å². The van der Waals surface area contributed by atoms with E-state index in [-0.39, 0.29) is 0 Å². The van der Waals surface area contributed by atoms with Crippen LogP contribution < -0.4 is 5.73 Å². The van der Waals surface area contributed by atoms with Crippen LogP contribution in [0.4, 0.5) is 5.69 Å². The Kier molecular flexibility index (Phi) is 2.11. The molecule has 0 bridgehead atoms. The molecule has 0 fully saturated rings. The summed E-state index contributed by atoms with van der Waals surface area (Å²) in [5.74, 6) is 0.634. The number of nitrogens with two attached hydrogens (primary N) is 1. The monoisotopic (exact) mass is 224 g/mol. The maximum absolute atomic E-state index is 5.77. The molecule has 0 aliphatic heterocycles. The molecule has 0 saturated heterocycles. The lowest BCUT2D eigenvalue weighted by Crippen LogP contribution is -1.83. The number of aryl methyl sites for hydroxylation is 1. The number of benzene rings is 2. The van der Waals surface area contributed by atoms with Gasteiger partial charge in [-0.2, -0.15) is 0 Å². The third-order valence-electron chi connectivity index (χ3n) is 2.77. The van der Waals surface area contributed by atoms with Gasteiger partial charge in [0.1, 0.15) is 5.52 Å². The van der Waals surface area contributed by atoms with Crippen molar-refractivity contribution in [3.63, 3.8) is 0 Å². The molecule has 0 saturated carbocycles. The molecule has 2 aromatic carbocycles. The Morgan fingerprint density at radius 1 is 1.06 bits per heavy atom. The lowest BCUT2D eigenvalue weighted by Gasteiger charge is -1.95. The summed E-state index contributed by atoms with van der Waals surface area (Å²) < 4.78 is 5.77. The highest BCUT2D eigenvalue weighted by molar-refractivity contribution is 5.79. The Bertz CT molecular complexity index is 668. The predicted molar refractivity (Wildman–Crippen MR) is 68.6 cm³/mol. The van der Waals surface area contributed by atoms with Crippen LogP contribution >= 0.6 is 0 Å². The van der Waals surface area contributed by atoms with Crippen LogP contribution in [0.5, 0.6) is 0 Å². The van der Waals surface area contributed by atoms with Crippen LogP contribution in [0.3, 0.4) is 0 Å². The smallest absolute Gasteiger partial charge is 0.227 e. The first-order valence-electron chi connectivity index (χ1n) is 5.46. The molecule has 1 heterocycles. The average Bonchev–Trinajstić information content (AvgIpc) is 2.75. The molecule has 3 aromatic rings. The first-order valence-corrected chi connectivity index (χ1v) is 5.46. The number of para-hydroxylation sites is 1. The van der Waals surface area contributed by atoms with Gasteiger partial charge >= 0.3 is 0 Å². The van der Waals surface area contributed by atoms with Crippen molar-refractivity contribution >= 4 is 16.8 Å². The number of oxazole rings is 1. The summed E-state index contributed by atoms with van der Waals surface area (Å²) in [7, 11) is 0. The SMILES string of the molecule is Cc1cccc2nc(-c3ccc(N)cc3)oc12. The number of anilines is 1. The summed E-state index contributed by atoms with van der Waals surface area (Å²) in [6.07, 6.45) is 0. The molecule has 0 aliphatic carbocycles. The molecule has 3 heteroatoms. The van der Waals surface area contributed by atoms with E-state index in [9.17, 15) is 0 Å². The van der Waals surface area contributed by atoms with Gasteiger partial charge in [0.05, 0.1) is 0 Å². The molecule has 0 aliphatic rings. The third kappa shape index (κ3) is 1.65. The molecular weight excluding hydrogens is 212 g/mol. The summed E-state index contributed by atoms with van der Waals surface area (Å²) in [5, 5.41) is 0. The van der Waals surface area contributed by atoms with Crippen molar-refractivity contribution in [3.8, 4) is 11.5 Å². The summed E-state index contributed by atoms with van der Waals surface area (Å²) in [5.41, 5.74) is 10.2. The minimum absolute atomic E-state index is 0.634. The van der Waals surface area contributed by atoms with Crippen LogP contribution in [0.25, 0.3) is 22.6 Å². The second kappa shape index (κ2) is 3.63. The Morgan fingerprint density at radius 3 is 2.53 bits per heavy atom. The van der Waals surface area contributed by atoms with E-state index in [4.69, 9.17) is 10.2 Å². The number of fused-ring (bicyclic) bond motifs is 1. The van der Waals surface area contributed by atoms with Gasteiger partial charge in [0.25, 0.3) is 0 Å². The van der Waals surface area contributed by atoms with Crippen LogP contribution in [-0.2, 0) is 0 Å². The molecule has 84 valence electrons. The zero-order valence-electron chi connectivity index (χ0n) is 9.47. The Hall–Kier alpha value is -2.29. The Balaban J connectivity index is 2.18. The maximum Gasteiger partial charge on any atom is 0.227 e. The number of aromatic nitrogens is 1. The Labute approximate surface area is 98.9 Å². The highest BCUT2D eigenvalue weighted by atomic mass is 16.3. The van der Waals surface area contributed by atoms with Gasteiger partial charge in [0, 0.05) is 11.3 Å². The van der Waals surface area contributed by atoms with E-state index in [1.54, 1.807) is 0 Å². The van der Waals surface area contributed by atoms with Crippen LogP contribution in [0.2, 0.25) is 0 Å². The van der Waals surface area contributed by atoms with E-state index in [1.807, 2.05) is 49.4 Å². The minimum atomic E-state index is 0.634. The number of nitrogen functional groups attached to an aromatic ring is 1. The standard InChI is InChI=1S/C14H12N2O/c1-9-3-2-4-12-13(9)17-14(16-12)10-5-7-11(15)8-6-10/h2-8H,15H2,1H3. The molecule has 1 aromatic heterocycles. The third-order valence-corrected chi connectivity index (χ3v) is 2.77. The predicted octanol–water partition coefficient (Wildman–Crippen LogP) is 3.39. The zero-order valence-corrected chi connectivity index (χ0v) is 9.47. The number of hydrogen-bond acceptors (Lipinski definition) is 3. The molecule has 0 amide bonds. The van der Waals surface area contributed by atoms with Crippen molar-refractivity contribution in [1.82, 2.24) is 4.98 Å². The topological polar surface area (TPSA) is 52.0 Å². The minimum Gasteiger partial charge on any atom is -0.436 e. The second-order valence-electron chi connectivity index (χ2n) is 4.06. The van der Waals surface area contributed by atoms with Gasteiger partial charge in [0.15, 0.2) is 5.58 Å². The van der Waals surface area contributed by atoms with Crippen LogP contribution in [0.1, 0.15) is 5.56 Å². The average molecular weight is 224 g/mol. The molecule has 0 atom stereocenters. The molecule has 0 radical (unpaired) electrons. The number of rotatable bonds is 1. The lowest BCUT2D eigenvalue weighted by molar-refractivity contribution is 0.617. The Morgan fingerprint density at radius 2 is 1.82 bits per heavy atom. The van der Waals surface area contributed by atoms with Gasteiger partial charge in [-0.25, -0.2) is 4.98 Å². The van der Waals surface area contributed by atoms with E-state index in [0.29, 0.717) is 5.89 Å². The van der Waals surface area contributed by atoms with Gasteiger partial charge < -0.3 is 10.2 Å². The van der Waals surface area contributed by atoms with E-state index in [1.165, 1.54) is 0 Å². The fourth-order valence-electron chi connectivity index (χ4n) is 1.84. The quantitative estimate of drug-likeness (QED) is 0.644. The first kappa shape index (κ1) is 9.90. The second-order valence-corrected chi connectivity index (χ2v) is 4.06. The van der Waals surface area contributed by atoms with Gasteiger partial charge in [-0.05, 0) is 42.8 Å². The fraction of sp³-hybridized carbons (Fsp3) is 0.0714. The fourth-order valence-corrected chi connectivity index (χ4v) is 1.84. The summed E-state index contributed by atoms with van der Waals surface area (Å²) in [4.78, 5) is 4.47. The van der Waals surface area contributed by atoms with Crippen molar-refractivity contribution < 1.29 is 4.42 Å². The molecule has 17 heavy (non-hydrogen) atoms. The van der Waals surface area contributed by atoms with Gasteiger partial charge in [-0.3, -0.25) is 0 Å². The van der Waals surface area contributed by atoms with Gasteiger partial charge in [-0.1, -0.05) is 12.1 Å². The number of nitrogens with zero attached hydrogens (tertiary/aromatic N) is 1. The molecular formula is C14H12N2O. The van der Waals surface area contributed by atoms with E-state index in [0.717, 1.165) is 27.9 Å². The van der Waals surface area contributed by atoms with Crippen LogP contribution in [0, 0.1) is 6.92 Å². The molecule has 0 spiro atoms. The summed E-state index contributed by atoms with van der Waals surface area (Å²) in [6.45, 7) is 2.01. The first-order chi connectivity index (χ1) is 8.24. The van der Waals surface area contributed by atoms with Gasteiger partial charge in [-0.15, -0.1) is 0 Å². The highest BCUT2D eigenvalue weighted by Crippen LogP contribution is 2.26. The van der Waals surface area contributed by atoms with E-state index >= 15 is 0 Å². The number of hydrogen-bond donors (Lipinski definition) is 1. The van der Waals surface area contributed by atoms with E-state index in [2.05, 4.69) is 4.98 Å². The highest BCUT2D eigenvalue weighted by Gasteiger charge is 2.09. The molecule has 3 nitrogen and oxygen atoms in total. The molecule has 0 unspecified atom stereocenters. The van der Waals surface area contributed by atoms with Crippen molar-refractivity contribution in [1.29, 1.82) is 0 Å². The lowest BCUT2D eigenvalue weighted by atomic mass is 10.2. The summed E-state index contributed by atoms with van der Waals surface area (Å²) in [6, 6.07) is 13.5. The molecule has 3 rings (SSSR count). The van der Waals surface area contributed by atoms with Crippen LogP contribution in [0.15, 0.2) is 46.9 Å². The van der Waals surface area contributed by atoms with E-state index < -0.39 is 0 Å².